The van der Waals surface area contributed by atoms with E-state index < -0.39 is 5.97 Å². The number of nitrogens with two attached hydrogens (primary N) is 1. The van der Waals surface area contributed by atoms with Crippen molar-refractivity contribution in [2.75, 3.05) is 12.3 Å². The number of halogens is 2. The van der Waals surface area contributed by atoms with Crippen LogP contribution in [-0.4, -0.2) is 22.9 Å². The molecule has 0 aliphatic heterocycles. The average Bonchev–Trinajstić information content (AvgIpc) is 2.99. The highest BCUT2D eigenvalue weighted by molar-refractivity contribution is 6.31. The molecule has 0 unspecified atom stereocenters. The quantitative estimate of drug-likeness (QED) is 0.334. The van der Waals surface area contributed by atoms with E-state index in [4.69, 9.17) is 22.1 Å². The predicted molar refractivity (Wildman–Crippen MR) is 114 cm³/mol. The lowest BCUT2D eigenvalue weighted by Crippen LogP contribution is -2.16. The van der Waals surface area contributed by atoms with Gasteiger partial charge < -0.3 is 15.0 Å². The summed E-state index contributed by atoms with van der Waals surface area (Å²) in [6.45, 7) is 4.03. The first kappa shape index (κ1) is 21.6. The summed E-state index contributed by atoms with van der Waals surface area (Å²) in [6.07, 6.45) is 0.703. The molecule has 0 atom stereocenters. The fourth-order valence-corrected chi connectivity index (χ4v) is 3.51. The van der Waals surface area contributed by atoms with E-state index in [0.29, 0.717) is 23.6 Å². The molecule has 2 N–H and O–H groups in total. The molecule has 0 aliphatic carbocycles. The second-order valence-corrected chi connectivity index (χ2v) is 7.48. The van der Waals surface area contributed by atoms with Gasteiger partial charge >= 0.3 is 5.97 Å². The largest absolute Gasteiger partial charge is 0.454 e. The highest BCUT2D eigenvalue weighted by Crippen LogP contribution is 2.20. The van der Waals surface area contributed by atoms with Crippen molar-refractivity contribution in [3.8, 4) is 0 Å². The number of nitrogens with zero attached hydrogens (tertiary/aromatic N) is 1. The number of ketones is 1. The molecule has 0 fully saturated rings. The molecular weight excluding hydrogens is 407 g/mol. The van der Waals surface area contributed by atoms with Gasteiger partial charge in [0.25, 0.3) is 0 Å². The Kier molecular flexibility index (Phi) is 6.57. The number of Topliss-reactive ketones (excluding diaryl/α,β-unsaturated/α-hetero) is 1. The molecule has 0 bridgehead atoms. The van der Waals surface area contributed by atoms with Gasteiger partial charge in [0.2, 0.25) is 5.78 Å². The number of esters is 1. The van der Waals surface area contributed by atoms with Gasteiger partial charge in [0, 0.05) is 34.2 Å². The van der Waals surface area contributed by atoms with Crippen molar-refractivity contribution in [3.05, 3.63) is 87.4 Å². The van der Waals surface area contributed by atoms with Gasteiger partial charge in [0.05, 0.1) is 5.56 Å². The summed E-state index contributed by atoms with van der Waals surface area (Å²) >= 11 is 5.83. The first-order chi connectivity index (χ1) is 14.3. The fourth-order valence-electron chi connectivity index (χ4n) is 3.33. The highest BCUT2D eigenvalue weighted by atomic mass is 35.5. The van der Waals surface area contributed by atoms with E-state index in [1.165, 1.54) is 30.3 Å². The standard InChI is InChI=1S/C23H22ClFN2O3/c1-14-11-20(15(2)27(14)10-9-16-3-6-18(25)7-4-16)22(28)13-30-23(29)19-8-5-17(24)12-21(19)26/h3-8,11-12H,9-10,13,26H2,1-2H3. The Morgan fingerprint density at radius 1 is 1.07 bits per heavy atom. The smallest absolute Gasteiger partial charge is 0.340 e. The molecular formula is C23H22ClFN2O3. The van der Waals surface area contributed by atoms with Crippen LogP contribution in [0.5, 0.6) is 0 Å². The van der Waals surface area contributed by atoms with Crippen LogP contribution in [0.25, 0.3) is 0 Å². The topological polar surface area (TPSA) is 74.3 Å². The Labute approximate surface area is 179 Å². The van der Waals surface area contributed by atoms with Gasteiger partial charge in [-0.25, -0.2) is 9.18 Å². The maximum atomic E-state index is 13.1. The number of aryl methyl sites for hydroxylation is 2. The van der Waals surface area contributed by atoms with E-state index in [2.05, 4.69) is 0 Å². The van der Waals surface area contributed by atoms with Crippen LogP contribution in [0.4, 0.5) is 10.1 Å². The van der Waals surface area contributed by atoms with Crippen LogP contribution in [0.1, 0.15) is 37.7 Å². The van der Waals surface area contributed by atoms with Gasteiger partial charge in [-0.15, -0.1) is 0 Å². The highest BCUT2D eigenvalue weighted by Gasteiger charge is 2.19. The molecule has 5 nitrogen and oxygen atoms in total. The van der Waals surface area contributed by atoms with E-state index in [1.807, 2.05) is 18.4 Å². The molecule has 0 saturated heterocycles. The summed E-state index contributed by atoms with van der Waals surface area (Å²) < 4.78 is 20.2. The Bertz CT molecular complexity index is 1090. The molecule has 0 saturated carbocycles. The second-order valence-electron chi connectivity index (χ2n) is 7.04. The number of carbonyl (C=O) groups excluding carboxylic acids is 2. The SMILES string of the molecule is Cc1cc(C(=O)COC(=O)c2ccc(Cl)cc2N)c(C)n1CCc1ccc(F)cc1. The first-order valence-corrected chi connectivity index (χ1v) is 9.80. The lowest BCUT2D eigenvalue weighted by atomic mass is 10.1. The summed E-state index contributed by atoms with van der Waals surface area (Å²) in [5.74, 6) is -1.24. The number of rotatable bonds is 7. The minimum Gasteiger partial charge on any atom is -0.454 e. The number of hydrogen-bond acceptors (Lipinski definition) is 4. The zero-order valence-corrected chi connectivity index (χ0v) is 17.5. The summed E-state index contributed by atoms with van der Waals surface area (Å²) in [4.78, 5) is 24.9. The van der Waals surface area contributed by atoms with E-state index in [1.54, 1.807) is 18.2 Å². The van der Waals surface area contributed by atoms with Gasteiger partial charge in [0.15, 0.2) is 6.61 Å². The van der Waals surface area contributed by atoms with Gasteiger partial charge in [-0.3, -0.25) is 4.79 Å². The van der Waals surface area contributed by atoms with Crippen molar-refractivity contribution < 1.29 is 18.7 Å². The van der Waals surface area contributed by atoms with Crippen molar-refractivity contribution in [1.29, 1.82) is 0 Å². The second kappa shape index (κ2) is 9.13. The van der Waals surface area contributed by atoms with Crippen LogP contribution >= 0.6 is 11.6 Å². The number of ether oxygens (including phenoxy) is 1. The monoisotopic (exact) mass is 428 g/mol. The molecule has 1 heterocycles. The maximum absolute atomic E-state index is 13.1. The lowest BCUT2D eigenvalue weighted by molar-refractivity contribution is 0.0475. The Hall–Kier alpha value is -3.12. The van der Waals surface area contributed by atoms with Gasteiger partial charge in [0.1, 0.15) is 5.82 Å². The third-order valence-corrected chi connectivity index (χ3v) is 5.21. The molecule has 0 spiro atoms. The molecule has 2 aromatic carbocycles. The predicted octanol–water partition coefficient (Wildman–Crippen LogP) is 4.76. The number of nitrogen functional groups attached to an aromatic ring is 1. The molecule has 30 heavy (non-hydrogen) atoms. The van der Waals surface area contributed by atoms with Crippen LogP contribution in [0, 0.1) is 19.7 Å². The molecule has 1 aromatic heterocycles. The summed E-state index contributed by atoms with van der Waals surface area (Å²) in [5, 5.41) is 0.410. The first-order valence-electron chi connectivity index (χ1n) is 9.42. The maximum Gasteiger partial charge on any atom is 0.340 e. The number of benzene rings is 2. The normalized spacial score (nSPS) is 10.8. The zero-order valence-electron chi connectivity index (χ0n) is 16.7. The zero-order chi connectivity index (χ0) is 21.8. The molecule has 0 amide bonds. The molecule has 7 heteroatoms. The summed E-state index contributed by atoms with van der Waals surface area (Å²) in [5.41, 5.74) is 9.36. The van der Waals surface area contributed by atoms with E-state index in [9.17, 15) is 14.0 Å². The van der Waals surface area contributed by atoms with Crippen molar-refractivity contribution in [1.82, 2.24) is 4.57 Å². The van der Waals surface area contributed by atoms with Crippen LogP contribution in [-0.2, 0) is 17.7 Å². The average molecular weight is 429 g/mol. The third kappa shape index (κ3) is 4.89. The van der Waals surface area contributed by atoms with Crippen LogP contribution < -0.4 is 5.73 Å². The van der Waals surface area contributed by atoms with E-state index in [0.717, 1.165) is 17.0 Å². The van der Waals surface area contributed by atoms with Gasteiger partial charge in [-0.1, -0.05) is 23.7 Å². The van der Waals surface area contributed by atoms with Crippen LogP contribution in [0.3, 0.4) is 0 Å². The van der Waals surface area contributed by atoms with Crippen molar-refractivity contribution >= 4 is 29.0 Å². The van der Waals surface area contributed by atoms with Crippen molar-refractivity contribution in [2.24, 2.45) is 0 Å². The molecule has 0 aliphatic rings. The number of hydrogen-bond donors (Lipinski definition) is 1. The number of aromatic nitrogens is 1. The van der Waals surface area contributed by atoms with Crippen LogP contribution in [0.2, 0.25) is 5.02 Å². The minimum absolute atomic E-state index is 0.164. The number of carbonyl (C=O) groups is 2. The van der Waals surface area contributed by atoms with Crippen molar-refractivity contribution in [2.45, 2.75) is 26.8 Å². The van der Waals surface area contributed by atoms with Gasteiger partial charge in [-0.05, 0) is 62.2 Å². The molecule has 0 radical (unpaired) electrons. The third-order valence-electron chi connectivity index (χ3n) is 4.98. The molecule has 3 rings (SSSR count). The Balaban J connectivity index is 1.65. The van der Waals surface area contributed by atoms with E-state index in [-0.39, 0.29) is 29.5 Å². The molecule has 3 aromatic rings. The van der Waals surface area contributed by atoms with E-state index >= 15 is 0 Å². The van der Waals surface area contributed by atoms with Crippen LogP contribution in [0.15, 0.2) is 48.5 Å². The Morgan fingerprint density at radius 3 is 2.43 bits per heavy atom. The Morgan fingerprint density at radius 2 is 1.77 bits per heavy atom. The summed E-state index contributed by atoms with van der Waals surface area (Å²) in [6, 6.07) is 12.6. The lowest BCUT2D eigenvalue weighted by Gasteiger charge is -2.10. The minimum atomic E-state index is -0.678. The van der Waals surface area contributed by atoms with Crippen molar-refractivity contribution in [3.63, 3.8) is 0 Å². The number of anilines is 1. The van der Waals surface area contributed by atoms with Gasteiger partial charge in [-0.2, -0.15) is 0 Å². The fraction of sp³-hybridized carbons (Fsp3) is 0.217. The molecule has 156 valence electrons. The summed E-state index contributed by atoms with van der Waals surface area (Å²) in [7, 11) is 0.